The number of para-hydroxylation sites is 1. The molecule has 5 heteroatoms. The van der Waals surface area contributed by atoms with E-state index in [4.69, 9.17) is 4.74 Å². The van der Waals surface area contributed by atoms with Crippen LogP contribution in [-0.2, 0) is 4.79 Å². The molecule has 0 aliphatic carbocycles. The van der Waals surface area contributed by atoms with Gasteiger partial charge in [-0.05, 0) is 42.7 Å². The minimum absolute atomic E-state index is 0.160. The van der Waals surface area contributed by atoms with Crippen molar-refractivity contribution >= 4 is 23.2 Å². The van der Waals surface area contributed by atoms with Gasteiger partial charge in [0.1, 0.15) is 5.75 Å². The molecule has 0 spiro atoms. The van der Waals surface area contributed by atoms with Gasteiger partial charge in [-0.25, -0.2) is 0 Å². The minimum Gasteiger partial charge on any atom is -0.493 e. The molecule has 0 saturated carbocycles. The number of benzene rings is 2. The van der Waals surface area contributed by atoms with Gasteiger partial charge in [0.05, 0.1) is 12.2 Å². The average molecular weight is 340 g/mol. The van der Waals surface area contributed by atoms with E-state index in [-0.39, 0.29) is 11.8 Å². The van der Waals surface area contributed by atoms with Gasteiger partial charge in [-0.1, -0.05) is 32.0 Å². The summed E-state index contributed by atoms with van der Waals surface area (Å²) in [6, 6.07) is 14.2. The number of hydrogen-bond acceptors (Lipinski definition) is 3. The van der Waals surface area contributed by atoms with Crippen molar-refractivity contribution in [2.24, 2.45) is 5.92 Å². The monoisotopic (exact) mass is 340 g/mol. The van der Waals surface area contributed by atoms with Crippen molar-refractivity contribution in [2.75, 3.05) is 17.2 Å². The van der Waals surface area contributed by atoms with Crippen molar-refractivity contribution in [3.05, 3.63) is 54.1 Å². The SMILES string of the molecule is CC(=O)Nc1cccc(NC(=O)c2ccccc2OCCC(C)C)c1. The first kappa shape index (κ1) is 18.5. The summed E-state index contributed by atoms with van der Waals surface area (Å²) >= 11 is 0. The number of carbonyl (C=O) groups excluding carboxylic acids is 2. The van der Waals surface area contributed by atoms with Crippen LogP contribution in [0.1, 0.15) is 37.6 Å². The number of hydrogen-bond donors (Lipinski definition) is 2. The lowest BCUT2D eigenvalue weighted by Gasteiger charge is -2.13. The number of rotatable bonds is 7. The minimum atomic E-state index is -0.250. The molecule has 0 radical (unpaired) electrons. The molecule has 0 saturated heterocycles. The fourth-order valence-corrected chi connectivity index (χ4v) is 2.26. The Bertz CT molecular complexity index is 741. The summed E-state index contributed by atoms with van der Waals surface area (Å²) in [5, 5.41) is 5.53. The second-order valence-corrected chi connectivity index (χ2v) is 6.24. The first-order valence-corrected chi connectivity index (χ1v) is 8.36. The van der Waals surface area contributed by atoms with E-state index in [0.717, 1.165) is 6.42 Å². The lowest BCUT2D eigenvalue weighted by Crippen LogP contribution is -2.14. The molecule has 0 aliphatic rings. The van der Waals surface area contributed by atoms with Gasteiger partial charge in [-0.15, -0.1) is 0 Å². The summed E-state index contributed by atoms with van der Waals surface area (Å²) in [7, 11) is 0. The smallest absolute Gasteiger partial charge is 0.259 e. The Balaban J connectivity index is 2.09. The Morgan fingerprint density at radius 3 is 2.36 bits per heavy atom. The first-order valence-electron chi connectivity index (χ1n) is 8.36. The topological polar surface area (TPSA) is 67.4 Å². The quantitative estimate of drug-likeness (QED) is 0.788. The van der Waals surface area contributed by atoms with Gasteiger partial charge in [0.25, 0.3) is 5.91 Å². The third-order valence-corrected chi connectivity index (χ3v) is 3.53. The van der Waals surface area contributed by atoms with E-state index in [1.165, 1.54) is 6.92 Å². The molecular formula is C20H24N2O3. The van der Waals surface area contributed by atoms with E-state index in [1.54, 1.807) is 42.5 Å². The van der Waals surface area contributed by atoms with Crippen molar-refractivity contribution in [3.8, 4) is 5.75 Å². The van der Waals surface area contributed by atoms with Crippen LogP contribution >= 0.6 is 0 Å². The van der Waals surface area contributed by atoms with E-state index in [2.05, 4.69) is 24.5 Å². The Kier molecular flexibility index (Phi) is 6.57. The molecule has 2 aromatic carbocycles. The molecule has 0 fully saturated rings. The fourth-order valence-electron chi connectivity index (χ4n) is 2.26. The summed E-state index contributed by atoms with van der Waals surface area (Å²) in [5.41, 5.74) is 1.72. The molecule has 132 valence electrons. The molecule has 0 aromatic heterocycles. The molecule has 0 heterocycles. The van der Waals surface area contributed by atoms with Gasteiger partial charge in [-0.3, -0.25) is 9.59 Å². The zero-order chi connectivity index (χ0) is 18.2. The molecular weight excluding hydrogens is 316 g/mol. The predicted octanol–water partition coefficient (Wildman–Crippen LogP) is 4.32. The maximum Gasteiger partial charge on any atom is 0.259 e. The molecule has 25 heavy (non-hydrogen) atoms. The second kappa shape index (κ2) is 8.87. The van der Waals surface area contributed by atoms with Gasteiger partial charge >= 0.3 is 0 Å². The zero-order valence-electron chi connectivity index (χ0n) is 14.8. The highest BCUT2D eigenvalue weighted by Crippen LogP contribution is 2.21. The van der Waals surface area contributed by atoms with E-state index in [0.29, 0.717) is 35.2 Å². The second-order valence-electron chi connectivity index (χ2n) is 6.24. The number of amides is 2. The third kappa shape index (κ3) is 5.95. The molecule has 0 bridgehead atoms. The van der Waals surface area contributed by atoms with Crippen molar-refractivity contribution in [1.82, 2.24) is 0 Å². The lowest BCUT2D eigenvalue weighted by atomic mass is 10.1. The summed E-state index contributed by atoms with van der Waals surface area (Å²) < 4.78 is 5.77. The highest BCUT2D eigenvalue weighted by Gasteiger charge is 2.13. The fraction of sp³-hybridized carbons (Fsp3) is 0.300. The van der Waals surface area contributed by atoms with Crippen LogP contribution in [0.3, 0.4) is 0 Å². The van der Waals surface area contributed by atoms with Crippen LogP contribution in [-0.4, -0.2) is 18.4 Å². The van der Waals surface area contributed by atoms with Crippen molar-refractivity contribution in [3.63, 3.8) is 0 Å². The molecule has 0 aliphatic heterocycles. The van der Waals surface area contributed by atoms with Gasteiger partial charge < -0.3 is 15.4 Å². The van der Waals surface area contributed by atoms with Crippen LogP contribution in [0.5, 0.6) is 5.75 Å². The van der Waals surface area contributed by atoms with Gasteiger partial charge in [0.15, 0.2) is 0 Å². The summed E-state index contributed by atoms with van der Waals surface area (Å²) in [4.78, 5) is 23.7. The Morgan fingerprint density at radius 1 is 1.00 bits per heavy atom. The normalized spacial score (nSPS) is 10.4. The van der Waals surface area contributed by atoms with Crippen LogP contribution in [0, 0.1) is 5.92 Å². The highest BCUT2D eigenvalue weighted by molar-refractivity contribution is 6.06. The maximum atomic E-state index is 12.6. The molecule has 2 amide bonds. The molecule has 0 unspecified atom stereocenters. The maximum absolute atomic E-state index is 12.6. The molecule has 2 aromatic rings. The summed E-state index contributed by atoms with van der Waals surface area (Å²) in [6.45, 7) is 6.27. The number of ether oxygens (including phenoxy) is 1. The largest absolute Gasteiger partial charge is 0.493 e. The van der Waals surface area contributed by atoms with Crippen LogP contribution < -0.4 is 15.4 Å². The lowest BCUT2D eigenvalue weighted by molar-refractivity contribution is -0.114. The molecule has 2 N–H and O–H groups in total. The predicted molar refractivity (Wildman–Crippen MR) is 100 cm³/mol. The standard InChI is InChI=1S/C20H24N2O3/c1-14(2)11-12-25-19-10-5-4-9-18(19)20(24)22-17-8-6-7-16(13-17)21-15(3)23/h4-10,13-14H,11-12H2,1-3H3,(H,21,23)(H,22,24). The van der Waals surface area contributed by atoms with Crippen LogP contribution in [0.4, 0.5) is 11.4 Å². The number of carbonyl (C=O) groups is 2. The number of anilines is 2. The first-order chi connectivity index (χ1) is 12.0. The van der Waals surface area contributed by atoms with E-state index in [9.17, 15) is 9.59 Å². The number of nitrogens with one attached hydrogen (secondary N) is 2. The van der Waals surface area contributed by atoms with Crippen molar-refractivity contribution in [1.29, 1.82) is 0 Å². The van der Waals surface area contributed by atoms with Gasteiger partial charge in [-0.2, -0.15) is 0 Å². The highest BCUT2D eigenvalue weighted by atomic mass is 16.5. The summed E-state index contributed by atoms with van der Waals surface area (Å²) in [5.74, 6) is 0.698. The van der Waals surface area contributed by atoms with E-state index in [1.807, 2.05) is 6.07 Å². The van der Waals surface area contributed by atoms with Crippen molar-refractivity contribution in [2.45, 2.75) is 27.2 Å². The van der Waals surface area contributed by atoms with E-state index < -0.39 is 0 Å². The average Bonchev–Trinajstić information content (AvgIpc) is 2.54. The Labute approximate surface area is 148 Å². The third-order valence-electron chi connectivity index (χ3n) is 3.53. The van der Waals surface area contributed by atoms with E-state index >= 15 is 0 Å². The van der Waals surface area contributed by atoms with Crippen molar-refractivity contribution < 1.29 is 14.3 Å². The van der Waals surface area contributed by atoms with Gasteiger partial charge in [0.2, 0.25) is 5.91 Å². The molecule has 5 nitrogen and oxygen atoms in total. The van der Waals surface area contributed by atoms with Gasteiger partial charge in [0, 0.05) is 18.3 Å². The zero-order valence-corrected chi connectivity index (χ0v) is 14.8. The Morgan fingerprint density at radius 2 is 1.68 bits per heavy atom. The van der Waals surface area contributed by atoms with Crippen LogP contribution in [0.2, 0.25) is 0 Å². The Hall–Kier alpha value is -2.82. The molecule has 0 atom stereocenters. The van der Waals surface area contributed by atoms with Crippen LogP contribution in [0.25, 0.3) is 0 Å². The molecule has 2 rings (SSSR count). The van der Waals surface area contributed by atoms with Crippen LogP contribution in [0.15, 0.2) is 48.5 Å². The summed E-state index contributed by atoms with van der Waals surface area (Å²) in [6.07, 6.45) is 0.925.